The Morgan fingerprint density at radius 2 is 2.33 bits per heavy atom. The molecule has 1 aliphatic heterocycles. The van der Waals surface area contributed by atoms with E-state index in [0.29, 0.717) is 4.47 Å². The first kappa shape index (κ1) is 16.6. The molecular weight excluding hydrogens is 362 g/mol. The first-order valence-corrected chi connectivity index (χ1v) is 8.71. The molecule has 2 rings (SSSR count). The van der Waals surface area contributed by atoms with Gasteiger partial charge in [-0.25, -0.2) is 13.4 Å². The van der Waals surface area contributed by atoms with Crippen molar-refractivity contribution >= 4 is 31.8 Å². The topological polar surface area (TPSA) is 91.8 Å². The van der Waals surface area contributed by atoms with Crippen molar-refractivity contribution in [2.75, 3.05) is 32.1 Å². The van der Waals surface area contributed by atoms with Gasteiger partial charge in [0.1, 0.15) is 10.7 Å². The van der Waals surface area contributed by atoms with Crippen molar-refractivity contribution in [3.63, 3.8) is 0 Å². The number of ether oxygens (including phenoxy) is 1. The maximum atomic E-state index is 12.9. The van der Waals surface area contributed by atoms with Gasteiger partial charge in [0.15, 0.2) is 0 Å². The van der Waals surface area contributed by atoms with E-state index in [9.17, 15) is 13.5 Å². The predicted octanol–water partition coefficient (Wildman–Crippen LogP) is 0.656. The van der Waals surface area contributed by atoms with E-state index in [1.807, 2.05) is 0 Å². The zero-order chi connectivity index (χ0) is 15.6. The van der Waals surface area contributed by atoms with Gasteiger partial charge in [0.2, 0.25) is 10.0 Å². The normalized spacial score (nSPS) is 24.0. The number of nitrogens with zero attached hydrogens (tertiary/aromatic N) is 2. The van der Waals surface area contributed by atoms with Crippen LogP contribution < -0.4 is 5.32 Å². The molecule has 0 amide bonds. The number of hydrogen-bond acceptors (Lipinski definition) is 6. The minimum absolute atomic E-state index is 0.102. The third-order valence-electron chi connectivity index (χ3n) is 3.29. The number of aliphatic hydroxyl groups is 1. The second-order valence-corrected chi connectivity index (χ2v) is 7.59. The summed E-state index contributed by atoms with van der Waals surface area (Å²) in [6.45, 7) is 1.93. The lowest BCUT2D eigenvalue weighted by molar-refractivity contribution is -0.0516. The third-order valence-corrected chi connectivity index (χ3v) is 5.72. The van der Waals surface area contributed by atoms with Crippen LogP contribution in [0.15, 0.2) is 21.6 Å². The number of nitrogens with one attached hydrogen (secondary N) is 1. The summed E-state index contributed by atoms with van der Waals surface area (Å²) in [5.41, 5.74) is 0. The number of rotatable bonds is 4. The largest absolute Gasteiger partial charge is 0.394 e. The molecule has 7 nitrogen and oxygen atoms in total. The average molecular weight is 380 g/mol. The highest BCUT2D eigenvalue weighted by Gasteiger charge is 2.36. The van der Waals surface area contributed by atoms with Crippen molar-refractivity contribution in [1.29, 1.82) is 0 Å². The molecule has 0 spiro atoms. The Morgan fingerprint density at radius 1 is 1.62 bits per heavy atom. The zero-order valence-corrected chi connectivity index (χ0v) is 14.2. The molecule has 2 heterocycles. The molecular formula is C12H18BrN3O4S. The lowest BCUT2D eigenvalue weighted by atomic mass is 10.2. The fraction of sp³-hybridized carbons (Fsp3) is 0.583. The zero-order valence-electron chi connectivity index (χ0n) is 11.8. The highest BCUT2D eigenvalue weighted by molar-refractivity contribution is 9.10. The number of morpholine rings is 1. The lowest BCUT2D eigenvalue weighted by Crippen LogP contribution is -2.51. The fourth-order valence-electron chi connectivity index (χ4n) is 2.17. The molecule has 2 unspecified atom stereocenters. The molecule has 0 bridgehead atoms. The molecule has 118 valence electrons. The molecule has 1 aliphatic rings. The number of sulfonamides is 1. The third kappa shape index (κ3) is 3.37. The van der Waals surface area contributed by atoms with Gasteiger partial charge in [-0.2, -0.15) is 4.31 Å². The molecule has 2 atom stereocenters. The van der Waals surface area contributed by atoms with E-state index in [2.05, 4.69) is 26.2 Å². The maximum absolute atomic E-state index is 12.9. The summed E-state index contributed by atoms with van der Waals surface area (Å²) in [5.74, 6) is 0.289. The van der Waals surface area contributed by atoms with Gasteiger partial charge >= 0.3 is 0 Å². The van der Waals surface area contributed by atoms with Crippen molar-refractivity contribution in [2.45, 2.75) is 24.0 Å². The standard InChI is InChI=1S/C12H18BrN3O4S/c1-8-7-20-10(6-17)5-16(8)21(18,19)11-3-9(13)4-15-12(11)14-2/h3-4,8,10,17H,5-7H2,1-2H3,(H,14,15). The molecule has 0 saturated carbocycles. The molecule has 1 fully saturated rings. The Bertz CT molecular complexity index is 611. The van der Waals surface area contributed by atoms with Gasteiger partial charge in [0, 0.05) is 30.3 Å². The fourth-order valence-corrected chi connectivity index (χ4v) is 4.48. The Hall–Kier alpha value is -0.740. The van der Waals surface area contributed by atoms with Crippen LogP contribution in [0.5, 0.6) is 0 Å². The molecule has 1 aromatic heterocycles. The van der Waals surface area contributed by atoms with Crippen LogP contribution in [0, 0.1) is 0 Å². The van der Waals surface area contributed by atoms with E-state index < -0.39 is 16.1 Å². The molecule has 0 radical (unpaired) electrons. The van der Waals surface area contributed by atoms with Gasteiger partial charge in [-0.1, -0.05) is 0 Å². The minimum Gasteiger partial charge on any atom is -0.394 e. The Labute approximate surface area is 132 Å². The quantitative estimate of drug-likeness (QED) is 0.797. The average Bonchev–Trinajstić information content (AvgIpc) is 2.47. The van der Waals surface area contributed by atoms with Gasteiger partial charge in [-0.3, -0.25) is 0 Å². The van der Waals surface area contributed by atoms with Gasteiger partial charge in [-0.05, 0) is 28.9 Å². The number of aromatic nitrogens is 1. The van der Waals surface area contributed by atoms with Crippen LogP contribution in [0.2, 0.25) is 0 Å². The molecule has 1 aromatic rings. The monoisotopic (exact) mass is 379 g/mol. The maximum Gasteiger partial charge on any atom is 0.247 e. The summed E-state index contributed by atoms with van der Waals surface area (Å²) in [5, 5.41) is 12.0. The second kappa shape index (κ2) is 6.57. The van der Waals surface area contributed by atoms with Crippen molar-refractivity contribution in [3.05, 3.63) is 16.7 Å². The molecule has 9 heteroatoms. The summed E-state index contributed by atoms with van der Waals surface area (Å²) in [6.07, 6.45) is 1.03. The van der Waals surface area contributed by atoms with Crippen molar-refractivity contribution in [3.8, 4) is 0 Å². The molecule has 1 saturated heterocycles. The highest BCUT2D eigenvalue weighted by atomic mass is 79.9. The van der Waals surface area contributed by atoms with Gasteiger partial charge in [0.25, 0.3) is 0 Å². The highest BCUT2D eigenvalue weighted by Crippen LogP contribution is 2.28. The number of pyridine rings is 1. The summed E-state index contributed by atoms with van der Waals surface area (Å²) in [6, 6.07) is 1.21. The van der Waals surface area contributed by atoms with Crippen LogP contribution in [0.25, 0.3) is 0 Å². The van der Waals surface area contributed by atoms with Crippen LogP contribution in [0.1, 0.15) is 6.92 Å². The Balaban J connectivity index is 2.43. The number of hydrogen-bond donors (Lipinski definition) is 2. The number of anilines is 1. The molecule has 0 aliphatic carbocycles. The van der Waals surface area contributed by atoms with Gasteiger partial charge in [0.05, 0.1) is 19.3 Å². The Kier molecular flexibility index (Phi) is 5.20. The molecule has 0 aromatic carbocycles. The van der Waals surface area contributed by atoms with E-state index in [-0.39, 0.29) is 36.5 Å². The van der Waals surface area contributed by atoms with Crippen LogP contribution in [-0.2, 0) is 14.8 Å². The SMILES string of the molecule is CNc1ncc(Br)cc1S(=O)(=O)N1CC(CO)OCC1C. The summed E-state index contributed by atoms with van der Waals surface area (Å²) in [4.78, 5) is 4.18. The van der Waals surface area contributed by atoms with E-state index in [4.69, 9.17) is 4.74 Å². The minimum atomic E-state index is -3.73. The Morgan fingerprint density at radius 3 is 2.95 bits per heavy atom. The predicted molar refractivity (Wildman–Crippen MR) is 81.7 cm³/mol. The number of halogens is 1. The van der Waals surface area contributed by atoms with Crippen LogP contribution in [-0.4, -0.2) is 61.8 Å². The van der Waals surface area contributed by atoms with Crippen LogP contribution >= 0.6 is 15.9 Å². The summed E-state index contributed by atoms with van der Waals surface area (Å²) in [7, 11) is -2.11. The van der Waals surface area contributed by atoms with E-state index in [1.165, 1.54) is 16.6 Å². The second-order valence-electron chi connectivity index (χ2n) is 4.81. The van der Waals surface area contributed by atoms with E-state index >= 15 is 0 Å². The van der Waals surface area contributed by atoms with Crippen molar-refractivity contribution in [2.24, 2.45) is 0 Å². The van der Waals surface area contributed by atoms with Crippen molar-refractivity contribution in [1.82, 2.24) is 9.29 Å². The smallest absolute Gasteiger partial charge is 0.247 e. The van der Waals surface area contributed by atoms with Crippen LogP contribution in [0.3, 0.4) is 0 Å². The van der Waals surface area contributed by atoms with Crippen LogP contribution in [0.4, 0.5) is 5.82 Å². The van der Waals surface area contributed by atoms with Gasteiger partial charge in [-0.15, -0.1) is 0 Å². The number of aliphatic hydroxyl groups excluding tert-OH is 1. The summed E-state index contributed by atoms with van der Waals surface area (Å²) < 4.78 is 33.1. The first-order chi connectivity index (χ1) is 9.90. The summed E-state index contributed by atoms with van der Waals surface area (Å²) >= 11 is 3.24. The van der Waals surface area contributed by atoms with E-state index in [0.717, 1.165) is 0 Å². The van der Waals surface area contributed by atoms with Crippen molar-refractivity contribution < 1.29 is 18.3 Å². The molecule has 21 heavy (non-hydrogen) atoms. The van der Waals surface area contributed by atoms with Gasteiger partial charge < -0.3 is 15.2 Å². The van der Waals surface area contributed by atoms with E-state index in [1.54, 1.807) is 14.0 Å². The molecule has 2 N–H and O–H groups in total. The first-order valence-electron chi connectivity index (χ1n) is 6.47. The lowest BCUT2D eigenvalue weighted by Gasteiger charge is -2.36.